The highest BCUT2D eigenvalue weighted by molar-refractivity contribution is 5.66. The molecule has 0 N–H and O–H groups in total. The zero-order chi connectivity index (χ0) is 25.5. The Labute approximate surface area is 196 Å². The molecule has 3 aromatic carbocycles. The van der Waals surface area contributed by atoms with Crippen LogP contribution in [0.3, 0.4) is 0 Å². The number of ether oxygens (including phenoxy) is 1. The number of hydrogen-bond acceptors (Lipinski definition) is 1. The number of hydrogen-bond donors (Lipinski definition) is 0. The normalized spacial score (nSPS) is 18.5. The second-order valence-corrected chi connectivity index (χ2v) is 8.80. The van der Waals surface area contributed by atoms with Crippen LogP contribution < -0.4 is 4.74 Å². The maximum Gasteiger partial charge on any atom is 0.429 e. The molecule has 0 amide bonds. The Morgan fingerprint density at radius 3 is 1.89 bits per heavy atom. The molecule has 3 aromatic rings. The molecule has 0 atom stereocenters. The van der Waals surface area contributed by atoms with Gasteiger partial charge in [0, 0.05) is 23.3 Å². The van der Waals surface area contributed by atoms with Crippen LogP contribution in [-0.2, 0) is 6.11 Å². The molecule has 0 radical (unpaired) electrons. The lowest BCUT2D eigenvalue weighted by atomic mass is 9.79. The number of benzene rings is 3. The molecule has 0 heterocycles. The first-order valence-electron chi connectivity index (χ1n) is 11.0. The molecule has 1 aliphatic rings. The van der Waals surface area contributed by atoms with Crippen LogP contribution in [-0.4, -0.2) is 0 Å². The van der Waals surface area contributed by atoms with E-state index in [9.17, 15) is 35.1 Å². The lowest BCUT2D eigenvalue weighted by Crippen LogP contribution is -2.24. The Kier molecular flexibility index (Phi) is 6.79. The van der Waals surface area contributed by atoms with E-state index in [1.54, 1.807) is 6.07 Å². The fraction of sp³-hybridized carbons (Fsp3) is 0.308. The van der Waals surface area contributed by atoms with Crippen molar-refractivity contribution in [3.05, 3.63) is 88.5 Å². The quantitative estimate of drug-likeness (QED) is 0.252. The summed E-state index contributed by atoms with van der Waals surface area (Å²) >= 11 is 0. The fourth-order valence-electron chi connectivity index (χ4n) is 4.37. The Morgan fingerprint density at radius 1 is 0.686 bits per heavy atom. The van der Waals surface area contributed by atoms with Gasteiger partial charge in [0.2, 0.25) is 0 Å². The van der Waals surface area contributed by atoms with Gasteiger partial charge in [0.1, 0.15) is 17.1 Å². The van der Waals surface area contributed by atoms with Crippen LogP contribution in [0.2, 0.25) is 0 Å². The Morgan fingerprint density at radius 2 is 1.29 bits per heavy atom. The van der Waals surface area contributed by atoms with Gasteiger partial charge < -0.3 is 4.74 Å². The van der Waals surface area contributed by atoms with Gasteiger partial charge in [-0.25, -0.2) is 26.3 Å². The topological polar surface area (TPSA) is 9.23 Å². The minimum Gasteiger partial charge on any atom is -0.429 e. The molecule has 186 valence electrons. The minimum atomic E-state index is -4.58. The largest absolute Gasteiger partial charge is 0.429 e. The van der Waals surface area contributed by atoms with Crippen molar-refractivity contribution in [2.45, 2.75) is 44.6 Å². The van der Waals surface area contributed by atoms with Gasteiger partial charge in [0.15, 0.2) is 29.1 Å². The predicted molar refractivity (Wildman–Crippen MR) is 113 cm³/mol. The lowest BCUT2D eigenvalue weighted by molar-refractivity contribution is -0.187. The van der Waals surface area contributed by atoms with Gasteiger partial charge in [0.05, 0.1) is 0 Å². The average molecular weight is 500 g/mol. The van der Waals surface area contributed by atoms with Gasteiger partial charge in [0.25, 0.3) is 0 Å². The molecule has 4 rings (SSSR count). The van der Waals surface area contributed by atoms with E-state index in [2.05, 4.69) is 11.7 Å². The van der Waals surface area contributed by atoms with E-state index in [0.29, 0.717) is 12.0 Å². The molecule has 1 aliphatic carbocycles. The summed E-state index contributed by atoms with van der Waals surface area (Å²) in [4.78, 5) is 0. The Balaban J connectivity index is 1.62. The molecule has 0 spiro atoms. The van der Waals surface area contributed by atoms with Crippen LogP contribution in [0.1, 0.15) is 49.7 Å². The first-order valence-corrected chi connectivity index (χ1v) is 11.0. The van der Waals surface area contributed by atoms with E-state index in [-0.39, 0.29) is 23.6 Å². The van der Waals surface area contributed by atoms with Crippen LogP contribution in [0, 0.1) is 40.8 Å². The van der Waals surface area contributed by atoms with Gasteiger partial charge >= 0.3 is 6.11 Å². The molecule has 0 saturated heterocycles. The second-order valence-electron chi connectivity index (χ2n) is 8.80. The Hall–Kier alpha value is -3.10. The molecular formula is C26H20F8O. The van der Waals surface area contributed by atoms with Crippen LogP contribution in [0.25, 0.3) is 11.1 Å². The fourth-order valence-corrected chi connectivity index (χ4v) is 4.37. The van der Waals surface area contributed by atoms with E-state index in [1.807, 2.05) is 0 Å². The average Bonchev–Trinajstić information content (AvgIpc) is 2.79. The SMILES string of the molecule is CC1CCC(c2ccc(-c3ccc(C(F)(F)Oc4cc(F)c(F)c(F)c4)c(F)c3F)c(F)c2)CC1. The van der Waals surface area contributed by atoms with Crippen LogP contribution in [0.5, 0.6) is 5.75 Å². The standard InChI is InChI=1S/C26H20F8O/c1-13-2-4-14(5-3-13)15-6-7-17(20(27)10-15)18-8-9-19(24(31)23(18)30)26(33,34)35-16-11-21(28)25(32)22(29)12-16/h6-14H,2-5H2,1H3. The van der Waals surface area contributed by atoms with E-state index < -0.39 is 57.9 Å². The highest BCUT2D eigenvalue weighted by Crippen LogP contribution is 2.40. The predicted octanol–water partition coefficient (Wildman–Crippen LogP) is 8.61. The minimum absolute atomic E-state index is 0.138. The highest BCUT2D eigenvalue weighted by Gasteiger charge is 2.40. The number of alkyl halides is 2. The van der Waals surface area contributed by atoms with Crippen molar-refractivity contribution in [1.82, 2.24) is 0 Å². The van der Waals surface area contributed by atoms with Crippen LogP contribution in [0.4, 0.5) is 35.1 Å². The van der Waals surface area contributed by atoms with Crippen LogP contribution in [0.15, 0.2) is 42.5 Å². The summed E-state index contributed by atoms with van der Waals surface area (Å²) in [7, 11) is 0. The highest BCUT2D eigenvalue weighted by atomic mass is 19.3. The lowest BCUT2D eigenvalue weighted by Gasteiger charge is -2.26. The van der Waals surface area contributed by atoms with Crippen molar-refractivity contribution in [3.8, 4) is 16.9 Å². The summed E-state index contributed by atoms with van der Waals surface area (Å²) in [6, 6.07) is 5.66. The van der Waals surface area contributed by atoms with E-state index in [0.717, 1.165) is 37.3 Å². The van der Waals surface area contributed by atoms with Gasteiger partial charge in [-0.2, -0.15) is 8.78 Å². The monoisotopic (exact) mass is 500 g/mol. The van der Waals surface area contributed by atoms with E-state index in [1.165, 1.54) is 12.1 Å². The molecule has 0 aromatic heterocycles. The first-order chi connectivity index (χ1) is 16.5. The maximum atomic E-state index is 14.8. The number of halogens is 8. The first kappa shape index (κ1) is 25.0. The zero-order valence-corrected chi connectivity index (χ0v) is 18.5. The van der Waals surface area contributed by atoms with Crippen molar-refractivity contribution < 1.29 is 39.9 Å². The summed E-state index contributed by atoms with van der Waals surface area (Å²) < 4.78 is 117. The summed E-state index contributed by atoms with van der Waals surface area (Å²) in [5.74, 6) is -10.5. The van der Waals surface area contributed by atoms with Crippen molar-refractivity contribution >= 4 is 0 Å². The third-order valence-corrected chi connectivity index (χ3v) is 6.37. The molecule has 0 unspecified atom stereocenters. The van der Waals surface area contributed by atoms with Crippen molar-refractivity contribution in [2.75, 3.05) is 0 Å². The number of rotatable bonds is 5. The van der Waals surface area contributed by atoms with E-state index >= 15 is 0 Å². The third kappa shape index (κ3) is 4.99. The Bertz CT molecular complexity index is 1230. The maximum absolute atomic E-state index is 14.8. The molecule has 35 heavy (non-hydrogen) atoms. The molecule has 0 bridgehead atoms. The molecule has 0 aliphatic heterocycles. The summed E-state index contributed by atoms with van der Waals surface area (Å²) in [6.07, 6.45) is -0.810. The molecular weight excluding hydrogens is 480 g/mol. The van der Waals surface area contributed by atoms with Crippen molar-refractivity contribution in [1.29, 1.82) is 0 Å². The van der Waals surface area contributed by atoms with Crippen LogP contribution >= 0.6 is 0 Å². The van der Waals surface area contributed by atoms with Crippen molar-refractivity contribution in [3.63, 3.8) is 0 Å². The summed E-state index contributed by atoms with van der Waals surface area (Å²) in [5, 5.41) is 0. The summed E-state index contributed by atoms with van der Waals surface area (Å²) in [5.41, 5.74) is -1.75. The third-order valence-electron chi connectivity index (χ3n) is 6.37. The van der Waals surface area contributed by atoms with Gasteiger partial charge in [-0.1, -0.05) is 38.0 Å². The van der Waals surface area contributed by atoms with Gasteiger partial charge in [-0.05, 0) is 42.4 Å². The smallest absolute Gasteiger partial charge is 0.429 e. The second kappa shape index (κ2) is 9.51. The molecule has 1 nitrogen and oxygen atoms in total. The molecule has 1 fully saturated rings. The van der Waals surface area contributed by atoms with Gasteiger partial charge in [-0.15, -0.1) is 0 Å². The molecule has 9 heteroatoms. The zero-order valence-electron chi connectivity index (χ0n) is 18.5. The van der Waals surface area contributed by atoms with Crippen molar-refractivity contribution in [2.24, 2.45) is 5.92 Å². The van der Waals surface area contributed by atoms with Gasteiger partial charge in [-0.3, -0.25) is 0 Å². The summed E-state index contributed by atoms with van der Waals surface area (Å²) in [6.45, 7) is 2.14. The van der Waals surface area contributed by atoms with E-state index in [4.69, 9.17) is 0 Å². The molecule has 1 saturated carbocycles.